The summed E-state index contributed by atoms with van der Waals surface area (Å²) in [4.78, 5) is 13.3. The number of anilines is 2. The number of hydrogen-bond donors (Lipinski definition) is 3. The highest BCUT2D eigenvalue weighted by Crippen LogP contribution is 2.22. The summed E-state index contributed by atoms with van der Waals surface area (Å²) in [5.74, 6) is -0.951. The Kier molecular flexibility index (Phi) is 4.78. The highest BCUT2D eigenvalue weighted by atomic mass is 16.4. The van der Waals surface area contributed by atoms with Gasteiger partial charge in [-0.15, -0.1) is 0 Å². The summed E-state index contributed by atoms with van der Waals surface area (Å²) in [5.41, 5.74) is 7.11. The summed E-state index contributed by atoms with van der Waals surface area (Å²) in [5, 5.41) is 12.3. The van der Waals surface area contributed by atoms with Crippen molar-refractivity contribution in [2.75, 3.05) is 38.2 Å². The van der Waals surface area contributed by atoms with Gasteiger partial charge >= 0.3 is 5.97 Å². The number of nitrogens with one attached hydrogen (secondary N) is 1. The van der Waals surface area contributed by atoms with Crippen molar-refractivity contribution in [1.29, 1.82) is 0 Å². The monoisotopic (exact) mass is 265 g/mol. The second-order valence-corrected chi connectivity index (χ2v) is 5.87. The average Bonchev–Trinajstić information content (AvgIpc) is 2.24. The van der Waals surface area contributed by atoms with Crippen LogP contribution in [-0.2, 0) is 0 Å². The van der Waals surface area contributed by atoms with Crippen molar-refractivity contribution in [3.05, 3.63) is 23.8 Å². The van der Waals surface area contributed by atoms with Crippen molar-refractivity contribution >= 4 is 17.3 Å². The fourth-order valence-electron chi connectivity index (χ4n) is 2.14. The first kappa shape index (κ1) is 15.3. The van der Waals surface area contributed by atoms with E-state index >= 15 is 0 Å². The molecule has 19 heavy (non-hydrogen) atoms. The third-order valence-corrected chi connectivity index (χ3v) is 2.78. The second-order valence-electron chi connectivity index (χ2n) is 5.87. The van der Waals surface area contributed by atoms with Crippen LogP contribution in [0, 0.1) is 5.41 Å². The van der Waals surface area contributed by atoms with E-state index in [-0.39, 0.29) is 11.0 Å². The van der Waals surface area contributed by atoms with Crippen LogP contribution in [0.15, 0.2) is 18.2 Å². The number of rotatable bonds is 6. The molecule has 0 aromatic heterocycles. The molecule has 0 spiro atoms. The van der Waals surface area contributed by atoms with Gasteiger partial charge in [-0.05, 0) is 37.7 Å². The molecule has 0 radical (unpaired) electrons. The molecule has 0 heterocycles. The predicted octanol–water partition coefficient (Wildman–Crippen LogP) is 1.97. The summed E-state index contributed by atoms with van der Waals surface area (Å²) in [6.07, 6.45) is 0. The first-order chi connectivity index (χ1) is 8.71. The van der Waals surface area contributed by atoms with Crippen molar-refractivity contribution in [2.45, 2.75) is 13.8 Å². The quantitative estimate of drug-likeness (QED) is 0.685. The van der Waals surface area contributed by atoms with Gasteiger partial charge in [-0.2, -0.15) is 0 Å². The summed E-state index contributed by atoms with van der Waals surface area (Å²) < 4.78 is 0. The molecule has 0 saturated carbocycles. The molecule has 0 amide bonds. The van der Waals surface area contributed by atoms with Crippen molar-refractivity contribution in [3.8, 4) is 0 Å². The molecule has 4 N–H and O–H groups in total. The molecule has 0 aliphatic rings. The fourth-order valence-corrected chi connectivity index (χ4v) is 2.14. The minimum atomic E-state index is -0.951. The van der Waals surface area contributed by atoms with Gasteiger partial charge in [0.2, 0.25) is 0 Å². The lowest BCUT2D eigenvalue weighted by molar-refractivity contribution is 0.0698. The Morgan fingerprint density at radius 1 is 1.42 bits per heavy atom. The Morgan fingerprint density at radius 2 is 2.05 bits per heavy atom. The summed E-state index contributed by atoms with van der Waals surface area (Å²) in [6, 6.07) is 4.79. The average molecular weight is 265 g/mol. The van der Waals surface area contributed by atoms with Gasteiger partial charge in [-0.3, -0.25) is 0 Å². The first-order valence-corrected chi connectivity index (χ1v) is 6.23. The number of nitrogens with two attached hydrogens (primary N) is 1. The molecule has 0 saturated heterocycles. The van der Waals surface area contributed by atoms with E-state index in [9.17, 15) is 4.79 Å². The van der Waals surface area contributed by atoms with Gasteiger partial charge in [0.15, 0.2) is 0 Å². The van der Waals surface area contributed by atoms with Crippen LogP contribution in [-0.4, -0.2) is 43.2 Å². The number of nitrogen functional groups attached to an aromatic ring is 1. The number of carboxylic acids is 1. The Labute approximate surface area is 114 Å². The molecule has 106 valence electrons. The van der Waals surface area contributed by atoms with Gasteiger partial charge in [0.25, 0.3) is 0 Å². The summed E-state index contributed by atoms with van der Waals surface area (Å²) in [6.45, 7) is 5.85. The topological polar surface area (TPSA) is 78.6 Å². The van der Waals surface area contributed by atoms with Crippen LogP contribution < -0.4 is 11.1 Å². The third kappa shape index (κ3) is 4.79. The highest BCUT2D eigenvalue weighted by Gasteiger charge is 2.20. The van der Waals surface area contributed by atoms with Crippen LogP contribution >= 0.6 is 0 Å². The van der Waals surface area contributed by atoms with E-state index in [4.69, 9.17) is 10.8 Å². The zero-order valence-corrected chi connectivity index (χ0v) is 12.0. The van der Waals surface area contributed by atoms with Crippen LogP contribution in [0.5, 0.6) is 0 Å². The maximum absolute atomic E-state index is 11.1. The Balaban J connectivity index is 2.82. The van der Waals surface area contributed by atoms with Gasteiger partial charge in [0.1, 0.15) is 0 Å². The molecular weight excluding hydrogens is 242 g/mol. The summed E-state index contributed by atoms with van der Waals surface area (Å²) >= 11 is 0. The van der Waals surface area contributed by atoms with Crippen molar-refractivity contribution in [1.82, 2.24) is 4.90 Å². The van der Waals surface area contributed by atoms with Gasteiger partial charge in [0, 0.05) is 18.8 Å². The van der Waals surface area contributed by atoms with Crippen molar-refractivity contribution < 1.29 is 9.90 Å². The minimum Gasteiger partial charge on any atom is -0.478 e. The van der Waals surface area contributed by atoms with E-state index < -0.39 is 5.97 Å². The van der Waals surface area contributed by atoms with E-state index in [0.29, 0.717) is 17.9 Å². The largest absolute Gasteiger partial charge is 0.478 e. The zero-order chi connectivity index (χ0) is 14.6. The third-order valence-electron chi connectivity index (χ3n) is 2.78. The van der Waals surface area contributed by atoms with Gasteiger partial charge in [-0.25, -0.2) is 4.79 Å². The highest BCUT2D eigenvalue weighted by molar-refractivity contribution is 5.95. The molecule has 1 aromatic carbocycles. The van der Waals surface area contributed by atoms with E-state index in [0.717, 1.165) is 6.54 Å². The Bertz CT molecular complexity index is 456. The van der Waals surface area contributed by atoms with E-state index in [1.54, 1.807) is 12.1 Å². The van der Waals surface area contributed by atoms with Crippen molar-refractivity contribution in [2.24, 2.45) is 5.41 Å². The van der Waals surface area contributed by atoms with Crippen molar-refractivity contribution in [3.63, 3.8) is 0 Å². The maximum atomic E-state index is 11.1. The van der Waals surface area contributed by atoms with Crippen LogP contribution in [0.3, 0.4) is 0 Å². The molecule has 0 aliphatic carbocycles. The molecule has 5 heteroatoms. The van der Waals surface area contributed by atoms with E-state index in [1.165, 1.54) is 6.07 Å². The van der Waals surface area contributed by atoms with Crippen LogP contribution in [0.25, 0.3) is 0 Å². The number of carboxylic acid groups (broad SMARTS) is 1. The SMILES string of the molecule is CN(C)CC(C)(C)CNc1cc(N)ccc1C(=O)O. The lowest BCUT2D eigenvalue weighted by Gasteiger charge is -2.29. The molecular formula is C14H23N3O2. The number of carbonyl (C=O) groups is 1. The van der Waals surface area contributed by atoms with E-state index in [1.807, 2.05) is 14.1 Å². The summed E-state index contributed by atoms with van der Waals surface area (Å²) in [7, 11) is 4.04. The lowest BCUT2D eigenvalue weighted by Crippen LogP contribution is -2.34. The van der Waals surface area contributed by atoms with Gasteiger partial charge in [0.05, 0.1) is 11.3 Å². The van der Waals surface area contributed by atoms with Gasteiger partial charge in [-0.1, -0.05) is 13.8 Å². The Morgan fingerprint density at radius 3 is 2.58 bits per heavy atom. The number of nitrogens with zero attached hydrogens (tertiary/aromatic N) is 1. The van der Waals surface area contributed by atoms with Crippen LogP contribution in [0.1, 0.15) is 24.2 Å². The molecule has 0 atom stereocenters. The number of aromatic carboxylic acids is 1. The number of benzene rings is 1. The number of hydrogen-bond acceptors (Lipinski definition) is 4. The van der Waals surface area contributed by atoms with Crippen LogP contribution in [0.2, 0.25) is 0 Å². The molecule has 0 bridgehead atoms. The zero-order valence-electron chi connectivity index (χ0n) is 12.0. The molecule has 1 rings (SSSR count). The van der Waals surface area contributed by atoms with E-state index in [2.05, 4.69) is 24.1 Å². The van der Waals surface area contributed by atoms with Gasteiger partial charge < -0.3 is 21.1 Å². The smallest absolute Gasteiger partial charge is 0.337 e. The fraction of sp³-hybridized carbons (Fsp3) is 0.500. The molecule has 5 nitrogen and oxygen atoms in total. The molecule has 1 aromatic rings. The van der Waals surface area contributed by atoms with Crippen LogP contribution in [0.4, 0.5) is 11.4 Å². The molecule has 0 unspecified atom stereocenters. The Hall–Kier alpha value is -1.75. The normalized spacial score (nSPS) is 11.6. The first-order valence-electron chi connectivity index (χ1n) is 6.23. The molecule has 0 fully saturated rings. The standard InChI is InChI=1S/C14H23N3O2/c1-14(2,9-17(3)4)8-16-12-7-10(15)5-6-11(12)13(18)19/h5-7,16H,8-9,15H2,1-4H3,(H,18,19). The maximum Gasteiger partial charge on any atom is 0.337 e. The predicted molar refractivity (Wildman–Crippen MR) is 78.6 cm³/mol. The second kappa shape index (κ2) is 5.93. The molecule has 0 aliphatic heterocycles. The lowest BCUT2D eigenvalue weighted by atomic mass is 9.92. The minimum absolute atomic E-state index is 0.0316.